The molecule has 172 valence electrons. The summed E-state index contributed by atoms with van der Waals surface area (Å²) < 4.78 is 13.1. The van der Waals surface area contributed by atoms with Gasteiger partial charge in [-0.2, -0.15) is 0 Å². The molecular weight excluding hydrogens is 459 g/mol. The lowest BCUT2D eigenvalue weighted by molar-refractivity contribution is 0.0295. The fraction of sp³-hybridized carbons (Fsp3) is 0.636. The molecule has 0 saturated carbocycles. The van der Waals surface area contributed by atoms with Crippen LogP contribution in [0.2, 0.25) is 10.0 Å². The predicted molar refractivity (Wildman–Crippen MR) is 125 cm³/mol. The van der Waals surface area contributed by atoms with Crippen molar-refractivity contribution in [2.24, 2.45) is 5.92 Å². The van der Waals surface area contributed by atoms with Crippen molar-refractivity contribution in [2.75, 3.05) is 33.3 Å². The minimum atomic E-state index is -0.478. The van der Waals surface area contributed by atoms with Gasteiger partial charge in [0, 0.05) is 43.4 Å². The van der Waals surface area contributed by atoms with Gasteiger partial charge in [-0.05, 0) is 46.1 Å². The molecule has 2 saturated heterocycles. The first-order valence-electron chi connectivity index (χ1n) is 10.5. The van der Waals surface area contributed by atoms with Crippen molar-refractivity contribution in [1.29, 1.82) is 0 Å². The monoisotopic (exact) mass is 488 g/mol. The molecule has 1 aromatic rings. The second-order valence-corrected chi connectivity index (χ2v) is 11.2. The number of nitrogens with zero attached hydrogens (tertiary/aromatic N) is 2. The third-order valence-corrected chi connectivity index (χ3v) is 7.50. The Kier molecular flexibility index (Phi) is 8.05. The maximum atomic E-state index is 13.1. The second kappa shape index (κ2) is 10.2. The highest BCUT2D eigenvalue weighted by Crippen LogP contribution is 2.35. The molecule has 0 aliphatic carbocycles. The second-order valence-electron chi connectivity index (χ2n) is 8.98. The van der Waals surface area contributed by atoms with Crippen LogP contribution in [0.25, 0.3) is 0 Å². The number of benzene rings is 1. The van der Waals surface area contributed by atoms with Gasteiger partial charge in [0.1, 0.15) is 11.4 Å². The van der Waals surface area contributed by atoms with Gasteiger partial charge in [-0.15, -0.1) is 0 Å². The van der Waals surface area contributed by atoms with Crippen molar-refractivity contribution in [3.8, 4) is 5.75 Å². The summed E-state index contributed by atoms with van der Waals surface area (Å²) in [5, 5.41) is 1.09. The Morgan fingerprint density at radius 2 is 1.71 bits per heavy atom. The van der Waals surface area contributed by atoms with Crippen LogP contribution in [0, 0.1) is 5.92 Å². The molecular formula is C22H30Cl2N2O4S. The minimum Gasteiger partial charge on any atom is -0.496 e. The Bertz CT molecular complexity index is 822. The summed E-state index contributed by atoms with van der Waals surface area (Å²) in [5.74, 6) is 0.450. The first-order chi connectivity index (χ1) is 14.6. The Labute approximate surface area is 198 Å². The number of ketones is 1. The highest BCUT2D eigenvalue weighted by Gasteiger charge is 2.33. The van der Waals surface area contributed by atoms with Gasteiger partial charge in [-0.1, -0.05) is 35.1 Å². The number of ether oxygens (including phenoxy) is 2. The molecule has 0 radical (unpaired) electrons. The molecule has 3 rings (SSSR count). The van der Waals surface area contributed by atoms with Gasteiger partial charge in [0.05, 0.1) is 22.7 Å². The van der Waals surface area contributed by atoms with Gasteiger partial charge in [-0.3, -0.25) is 9.10 Å². The molecule has 1 atom stereocenters. The summed E-state index contributed by atoms with van der Waals surface area (Å²) in [6.07, 6.45) is 2.26. The first kappa shape index (κ1) is 24.5. The molecule has 2 heterocycles. The van der Waals surface area contributed by atoms with Crippen molar-refractivity contribution >= 4 is 47.0 Å². The maximum absolute atomic E-state index is 13.1. The molecule has 0 N–H and O–H groups in total. The largest absolute Gasteiger partial charge is 0.496 e. The zero-order valence-electron chi connectivity index (χ0n) is 18.5. The average Bonchev–Trinajstić information content (AvgIpc) is 3.17. The van der Waals surface area contributed by atoms with Gasteiger partial charge < -0.3 is 14.4 Å². The van der Waals surface area contributed by atoms with Gasteiger partial charge >= 0.3 is 6.09 Å². The normalized spacial score (nSPS) is 20.7. The average molecular weight is 489 g/mol. The number of amides is 1. The van der Waals surface area contributed by atoms with E-state index in [0.29, 0.717) is 33.2 Å². The number of likely N-dealkylation sites (tertiary alicyclic amines) is 1. The molecule has 0 spiro atoms. The zero-order valence-corrected chi connectivity index (χ0v) is 20.8. The molecule has 2 fully saturated rings. The number of hydrogen-bond acceptors (Lipinski definition) is 6. The van der Waals surface area contributed by atoms with E-state index in [-0.39, 0.29) is 17.8 Å². The Morgan fingerprint density at radius 1 is 1.06 bits per heavy atom. The number of hydrogen-bond donors (Lipinski definition) is 0. The highest BCUT2D eigenvalue weighted by molar-refractivity contribution is 7.97. The maximum Gasteiger partial charge on any atom is 0.410 e. The predicted octanol–water partition coefficient (Wildman–Crippen LogP) is 5.55. The number of rotatable bonds is 5. The van der Waals surface area contributed by atoms with E-state index in [0.717, 1.165) is 38.9 Å². The van der Waals surface area contributed by atoms with Crippen molar-refractivity contribution in [3.05, 3.63) is 27.7 Å². The lowest BCUT2D eigenvalue weighted by atomic mass is 9.89. The number of halogens is 2. The fourth-order valence-corrected chi connectivity index (χ4v) is 5.47. The van der Waals surface area contributed by atoms with Crippen LogP contribution in [0.5, 0.6) is 5.75 Å². The quantitative estimate of drug-likeness (QED) is 0.399. The fourth-order valence-electron chi connectivity index (χ4n) is 3.85. The van der Waals surface area contributed by atoms with E-state index in [9.17, 15) is 9.59 Å². The molecule has 2 aliphatic heterocycles. The standard InChI is InChI=1S/C22H30Cl2N2O4S/c1-22(2,3)30-21(28)25-8-7-15(13-25)31-26-9-5-14(6-10-26)20(27)16-11-17(23)18(24)12-19(16)29-4/h11-12,14-15H,5-10,13H2,1-4H3. The van der Waals surface area contributed by atoms with Crippen LogP contribution >= 0.6 is 35.1 Å². The van der Waals surface area contributed by atoms with E-state index in [1.807, 2.05) is 20.8 Å². The zero-order chi connectivity index (χ0) is 22.8. The van der Waals surface area contributed by atoms with Crippen LogP contribution in [-0.4, -0.2) is 65.2 Å². The van der Waals surface area contributed by atoms with Crippen LogP contribution in [0.4, 0.5) is 4.79 Å². The molecule has 1 aromatic carbocycles. The smallest absolute Gasteiger partial charge is 0.410 e. The van der Waals surface area contributed by atoms with Crippen LogP contribution < -0.4 is 4.74 Å². The van der Waals surface area contributed by atoms with Crippen molar-refractivity contribution in [2.45, 2.75) is 50.9 Å². The van der Waals surface area contributed by atoms with Gasteiger partial charge in [0.15, 0.2) is 5.78 Å². The third kappa shape index (κ3) is 6.44. The lowest BCUT2D eigenvalue weighted by Gasteiger charge is -2.32. The molecule has 1 unspecified atom stereocenters. The number of Topliss-reactive ketones (excluding diaryl/α,β-unsaturated/α-hetero) is 1. The lowest BCUT2D eigenvalue weighted by Crippen LogP contribution is -2.36. The Morgan fingerprint density at radius 3 is 2.32 bits per heavy atom. The van der Waals surface area contributed by atoms with E-state index in [1.54, 1.807) is 29.0 Å². The van der Waals surface area contributed by atoms with E-state index in [2.05, 4.69) is 4.31 Å². The van der Waals surface area contributed by atoms with E-state index in [1.165, 1.54) is 7.11 Å². The third-order valence-electron chi connectivity index (χ3n) is 5.43. The first-order valence-corrected chi connectivity index (χ1v) is 12.1. The Balaban J connectivity index is 1.50. The number of piperidine rings is 1. The SMILES string of the molecule is COc1cc(Cl)c(Cl)cc1C(=O)C1CCN(SC2CCN(C(=O)OC(C)(C)C)C2)CC1. The van der Waals surface area contributed by atoms with Crippen LogP contribution in [0.1, 0.15) is 50.4 Å². The summed E-state index contributed by atoms with van der Waals surface area (Å²) in [7, 11) is 1.53. The topological polar surface area (TPSA) is 59.1 Å². The van der Waals surface area contributed by atoms with Gasteiger partial charge in [0.25, 0.3) is 0 Å². The highest BCUT2D eigenvalue weighted by atomic mass is 35.5. The molecule has 2 aliphatic rings. The molecule has 0 aromatic heterocycles. The van der Waals surface area contributed by atoms with Crippen molar-refractivity contribution < 1.29 is 19.1 Å². The van der Waals surface area contributed by atoms with Crippen molar-refractivity contribution in [1.82, 2.24) is 9.21 Å². The van der Waals surface area contributed by atoms with E-state index in [4.69, 9.17) is 32.7 Å². The van der Waals surface area contributed by atoms with Crippen molar-refractivity contribution in [3.63, 3.8) is 0 Å². The molecule has 1 amide bonds. The number of carbonyl (C=O) groups is 2. The van der Waals surface area contributed by atoms with E-state index >= 15 is 0 Å². The molecule has 6 nitrogen and oxygen atoms in total. The summed E-state index contributed by atoms with van der Waals surface area (Å²) in [4.78, 5) is 27.1. The summed E-state index contributed by atoms with van der Waals surface area (Å²) >= 11 is 14.0. The van der Waals surface area contributed by atoms with E-state index < -0.39 is 5.60 Å². The molecule has 9 heteroatoms. The summed E-state index contributed by atoms with van der Waals surface area (Å²) in [5.41, 5.74) is 0.0140. The Hall–Kier alpha value is -1.15. The number of carbonyl (C=O) groups excluding carboxylic acids is 2. The van der Waals surface area contributed by atoms with Crippen LogP contribution in [-0.2, 0) is 4.74 Å². The summed E-state index contributed by atoms with van der Waals surface area (Å²) in [6, 6.07) is 3.20. The minimum absolute atomic E-state index is 0.0528. The summed E-state index contributed by atoms with van der Waals surface area (Å²) in [6.45, 7) is 8.71. The molecule has 0 bridgehead atoms. The van der Waals surface area contributed by atoms with Gasteiger partial charge in [0.2, 0.25) is 0 Å². The van der Waals surface area contributed by atoms with Gasteiger partial charge in [-0.25, -0.2) is 4.79 Å². The van der Waals surface area contributed by atoms with Crippen LogP contribution in [0.15, 0.2) is 12.1 Å². The van der Waals surface area contributed by atoms with Crippen LogP contribution in [0.3, 0.4) is 0 Å². The molecule has 31 heavy (non-hydrogen) atoms. The number of methoxy groups -OCH3 is 1.